The van der Waals surface area contributed by atoms with Crippen molar-refractivity contribution in [2.24, 2.45) is 5.92 Å². The highest BCUT2D eigenvalue weighted by Crippen LogP contribution is 2.43. The summed E-state index contributed by atoms with van der Waals surface area (Å²) in [6.07, 6.45) is 5.49. The van der Waals surface area contributed by atoms with Crippen LogP contribution in [0.4, 0.5) is 5.82 Å². The number of esters is 1. The molecular formula is C24H26ClN3O5. The van der Waals surface area contributed by atoms with E-state index in [-0.39, 0.29) is 17.0 Å². The van der Waals surface area contributed by atoms with Gasteiger partial charge in [-0.1, -0.05) is 17.7 Å². The van der Waals surface area contributed by atoms with Gasteiger partial charge in [-0.2, -0.15) is 0 Å². The molecule has 33 heavy (non-hydrogen) atoms. The lowest BCUT2D eigenvalue weighted by Gasteiger charge is -2.41. The minimum atomic E-state index is -0.558. The van der Waals surface area contributed by atoms with Crippen LogP contribution < -0.4 is 9.64 Å². The smallest absolute Gasteiger partial charge is 0.358 e. The number of halogens is 1. The Bertz CT molecular complexity index is 1080. The molecule has 1 saturated heterocycles. The lowest BCUT2D eigenvalue weighted by molar-refractivity contribution is -0.116. The predicted molar refractivity (Wildman–Crippen MR) is 121 cm³/mol. The molecule has 3 atom stereocenters. The van der Waals surface area contributed by atoms with Crippen molar-refractivity contribution in [2.75, 3.05) is 38.3 Å². The Morgan fingerprint density at radius 1 is 1.42 bits per heavy atom. The number of nitrogens with zero attached hydrogens (tertiary/aromatic N) is 3. The van der Waals surface area contributed by atoms with Gasteiger partial charge in [-0.3, -0.25) is 0 Å². The van der Waals surface area contributed by atoms with Gasteiger partial charge >= 0.3 is 5.97 Å². The summed E-state index contributed by atoms with van der Waals surface area (Å²) < 4.78 is 16.7. The van der Waals surface area contributed by atoms with Crippen LogP contribution in [0.1, 0.15) is 40.9 Å². The Labute approximate surface area is 197 Å². The third kappa shape index (κ3) is 4.06. The summed E-state index contributed by atoms with van der Waals surface area (Å²) in [5, 5.41) is 0.725. The van der Waals surface area contributed by atoms with Crippen LogP contribution in [0.25, 0.3) is 0 Å². The number of ether oxygens (including phenoxy) is 3. The summed E-state index contributed by atoms with van der Waals surface area (Å²) in [4.78, 5) is 34.8. The highest BCUT2D eigenvalue weighted by molar-refractivity contribution is 6.30. The monoisotopic (exact) mass is 471 g/mol. The van der Waals surface area contributed by atoms with Crippen LogP contribution in [0.5, 0.6) is 5.88 Å². The van der Waals surface area contributed by atoms with Crippen LogP contribution >= 0.6 is 11.6 Å². The molecule has 0 saturated carbocycles. The SMILES string of the molecule is COC(=O)c1cnc2c(n1)N(C[C@@H]1CCO[C@H]1C=O)C[C@@]1(CCCc3cc(Cl)ccc31)CO2. The molecule has 1 aromatic heterocycles. The first kappa shape index (κ1) is 22.1. The van der Waals surface area contributed by atoms with Gasteiger partial charge in [0, 0.05) is 36.1 Å². The van der Waals surface area contributed by atoms with E-state index in [1.807, 2.05) is 12.1 Å². The molecule has 2 aromatic rings. The van der Waals surface area contributed by atoms with E-state index in [0.29, 0.717) is 38.0 Å². The zero-order chi connectivity index (χ0) is 23.0. The van der Waals surface area contributed by atoms with Crippen molar-refractivity contribution in [3.8, 4) is 5.88 Å². The molecule has 3 heterocycles. The van der Waals surface area contributed by atoms with Crippen molar-refractivity contribution in [3.63, 3.8) is 0 Å². The molecule has 0 bridgehead atoms. The van der Waals surface area contributed by atoms with E-state index in [1.165, 1.54) is 24.4 Å². The molecule has 0 unspecified atom stereocenters. The number of methoxy groups -OCH3 is 1. The van der Waals surface area contributed by atoms with E-state index in [1.54, 1.807) is 0 Å². The molecule has 174 valence electrons. The molecule has 1 spiro atoms. The molecule has 0 N–H and O–H groups in total. The van der Waals surface area contributed by atoms with E-state index in [2.05, 4.69) is 20.9 Å². The van der Waals surface area contributed by atoms with Crippen molar-refractivity contribution in [2.45, 2.75) is 37.2 Å². The first-order valence-corrected chi connectivity index (χ1v) is 11.6. The fourth-order valence-corrected chi connectivity index (χ4v) is 5.55. The molecule has 1 aromatic carbocycles. The molecule has 0 radical (unpaired) electrons. The van der Waals surface area contributed by atoms with Crippen LogP contribution in [-0.2, 0) is 26.1 Å². The number of carbonyl (C=O) groups is 2. The number of fused-ring (bicyclic) bond motifs is 3. The number of benzene rings is 1. The number of carbonyl (C=O) groups excluding carboxylic acids is 2. The van der Waals surface area contributed by atoms with Crippen LogP contribution in [0, 0.1) is 5.92 Å². The number of hydrogen-bond donors (Lipinski definition) is 0. The summed E-state index contributed by atoms with van der Waals surface area (Å²) in [6, 6.07) is 6.07. The minimum Gasteiger partial charge on any atom is -0.474 e. The molecule has 3 aliphatic rings. The van der Waals surface area contributed by atoms with E-state index in [4.69, 9.17) is 25.8 Å². The Morgan fingerprint density at radius 2 is 2.30 bits per heavy atom. The molecule has 1 aliphatic carbocycles. The number of aromatic nitrogens is 2. The van der Waals surface area contributed by atoms with Gasteiger partial charge in [0.05, 0.1) is 13.3 Å². The third-order valence-corrected chi connectivity index (χ3v) is 7.22. The van der Waals surface area contributed by atoms with Gasteiger partial charge in [0.25, 0.3) is 5.88 Å². The number of rotatable bonds is 4. The van der Waals surface area contributed by atoms with E-state index in [9.17, 15) is 9.59 Å². The first-order chi connectivity index (χ1) is 16.0. The fraction of sp³-hybridized carbons (Fsp3) is 0.500. The molecule has 8 nitrogen and oxygen atoms in total. The van der Waals surface area contributed by atoms with Crippen LogP contribution in [-0.4, -0.2) is 61.7 Å². The quantitative estimate of drug-likeness (QED) is 0.496. The number of aldehydes is 1. The van der Waals surface area contributed by atoms with Gasteiger partial charge in [0.15, 0.2) is 11.5 Å². The molecule has 9 heteroatoms. The van der Waals surface area contributed by atoms with Crippen LogP contribution in [0.15, 0.2) is 24.4 Å². The summed E-state index contributed by atoms with van der Waals surface area (Å²) in [6.45, 7) is 2.15. The Hall–Kier alpha value is -2.71. The van der Waals surface area contributed by atoms with E-state index in [0.717, 1.165) is 37.0 Å². The Balaban J connectivity index is 1.57. The predicted octanol–water partition coefficient (Wildman–Crippen LogP) is 2.99. The molecule has 2 aliphatic heterocycles. The number of anilines is 1. The molecule has 0 amide bonds. The number of hydrogen-bond acceptors (Lipinski definition) is 8. The topological polar surface area (TPSA) is 90.9 Å². The fourth-order valence-electron chi connectivity index (χ4n) is 5.36. The lowest BCUT2D eigenvalue weighted by atomic mass is 9.70. The van der Waals surface area contributed by atoms with Gasteiger partial charge in [-0.05, 0) is 48.9 Å². The average Bonchev–Trinajstić information content (AvgIpc) is 3.22. The van der Waals surface area contributed by atoms with Crippen molar-refractivity contribution < 1.29 is 23.8 Å². The maximum Gasteiger partial charge on any atom is 0.358 e. The Morgan fingerprint density at radius 3 is 3.12 bits per heavy atom. The standard InChI is InChI=1S/C24H26ClN3O5/c1-31-23(30)19-10-26-22-21(27-19)28(11-16-6-8-32-20(16)12-29)13-24(14-33-22)7-2-3-15-9-17(25)4-5-18(15)24/h4-5,9-10,12,16,20H,2-3,6-8,11,13-14H2,1H3/t16-,20-,24-/m0/s1. The zero-order valence-corrected chi connectivity index (χ0v) is 19.2. The summed E-state index contributed by atoms with van der Waals surface area (Å²) in [5.41, 5.74) is 2.28. The normalized spacial score (nSPS) is 26.2. The van der Waals surface area contributed by atoms with Gasteiger partial charge in [-0.15, -0.1) is 0 Å². The van der Waals surface area contributed by atoms with Crippen molar-refractivity contribution in [3.05, 3.63) is 46.2 Å². The summed E-state index contributed by atoms with van der Waals surface area (Å²) in [5.74, 6) is 0.328. The van der Waals surface area contributed by atoms with Gasteiger partial charge in [0.2, 0.25) is 0 Å². The second-order valence-electron chi connectivity index (χ2n) is 9.00. The second kappa shape index (κ2) is 8.91. The van der Waals surface area contributed by atoms with Gasteiger partial charge in [-0.25, -0.2) is 14.8 Å². The molecular weight excluding hydrogens is 446 g/mol. The van der Waals surface area contributed by atoms with Crippen LogP contribution in [0.3, 0.4) is 0 Å². The van der Waals surface area contributed by atoms with Crippen molar-refractivity contribution >= 4 is 29.7 Å². The zero-order valence-electron chi connectivity index (χ0n) is 18.5. The van der Waals surface area contributed by atoms with E-state index >= 15 is 0 Å². The average molecular weight is 472 g/mol. The summed E-state index contributed by atoms with van der Waals surface area (Å²) in [7, 11) is 1.31. The molecule has 1 fully saturated rings. The maximum absolute atomic E-state index is 12.2. The van der Waals surface area contributed by atoms with Gasteiger partial charge in [0.1, 0.15) is 19.0 Å². The van der Waals surface area contributed by atoms with Gasteiger partial charge < -0.3 is 23.9 Å². The van der Waals surface area contributed by atoms with Crippen molar-refractivity contribution in [1.29, 1.82) is 0 Å². The first-order valence-electron chi connectivity index (χ1n) is 11.2. The lowest BCUT2D eigenvalue weighted by Crippen LogP contribution is -2.47. The second-order valence-corrected chi connectivity index (χ2v) is 9.44. The minimum absolute atomic E-state index is 0.0161. The van der Waals surface area contributed by atoms with Crippen molar-refractivity contribution in [1.82, 2.24) is 9.97 Å². The van der Waals surface area contributed by atoms with E-state index < -0.39 is 12.1 Å². The number of aryl methyl sites for hydroxylation is 1. The maximum atomic E-state index is 12.2. The summed E-state index contributed by atoms with van der Waals surface area (Å²) >= 11 is 6.29. The third-order valence-electron chi connectivity index (χ3n) is 6.99. The highest BCUT2D eigenvalue weighted by atomic mass is 35.5. The molecule has 5 rings (SSSR count). The van der Waals surface area contributed by atoms with Crippen LogP contribution in [0.2, 0.25) is 5.02 Å². The highest BCUT2D eigenvalue weighted by Gasteiger charge is 2.44. The Kier molecular flexibility index (Phi) is 5.97. The largest absolute Gasteiger partial charge is 0.474 e.